The van der Waals surface area contributed by atoms with E-state index in [0.29, 0.717) is 6.42 Å². The summed E-state index contributed by atoms with van der Waals surface area (Å²) in [5.74, 6) is -0.381. The highest BCUT2D eigenvalue weighted by Crippen LogP contribution is 2.32. The van der Waals surface area contributed by atoms with Crippen LogP contribution in [0.3, 0.4) is 0 Å². The zero-order valence-corrected chi connectivity index (χ0v) is 14.0. The van der Waals surface area contributed by atoms with Gasteiger partial charge in [-0.05, 0) is 31.9 Å². The second kappa shape index (κ2) is 5.81. The van der Waals surface area contributed by atoms with Gasteiger partial charge in [-0.3, -0.25) is 9.48 Å². The first-order valence-corrected chi connectivity index (χ1v) is 7.96. The fraction of sp³-hybridized carbons (Fsp3) is 0.444. The molecule has 0 aliphatic heterocycles. The van der Waals surface area contributed by atoms with Crippen LogP contribution in [0, 0.1) is 13.8 Å². The van der Waals surface area contributed by atoms with E-state index in [-0.39, 0.29) is 17.9 Å². The van der Waals surface area contributed by atoms with Crippen molar-refractivity contribution in [2.75, 3.05) is 0 Å². The van der Waals surface area contributed by atoms with E-state index in [1.54, 1.807) is 4.68 Å². The van der Waals surface area contributed by atoms with E-state index < -0.39 is 6.10 Å². The number of nitrogens with one attached hydrogen (secondary N) is 1. The van der Waals surface area contributed by atoms with Crippen molar-refractivity contribution in [2.24, 2.45) is 7.05 Å². The maximum atomic E-state index is 12.7. The number of nitrogens with zero attached hydrogens (tertiary/aromatic N) is 2. The average molecular weight is 313 g/mol. The molecule has 1 aliphatic carbocycles. The number of fused-ring (bicyclic) bond motifs is 1. The van der Waals surface area contributed by atoms with E-state index in [0.717, 1.165) is 28.1 Å². The zero-order valence-electron chi connectivity index (χ0n) is 14.0. The molecule has 0 saturated carbocycles. The van der Waals surface area contributed by atoms with Crippen molar-refractivity contribution in [3.05, 3.63) is 52.3 Å². The number of hydrogen-bond acceptors (Lipinski definition) is 3. The Morgan fingerprint density at radius 3 is 2.74 bits per heavy atom. The lowest BCUT2D eigenvalue weighted by molar-refractivity contribution is -0.123. The van der Waals surface area contributed by atoms with E-state index >= 15 is 0 Å². The van der Waals surface area contributed by atoms with Crippen LogP contribution in [0.15, 0.2) is 24.3 Å². The van der Waals surface area contributed by atoms with Crippen LogP contribution in [0.2, 0.25) is 0 Å². The van der Waals surface area contributed by atoms with Gasteiger partial charge < -0.3 is 10.4 Å². The van der Waals surface area contributed by atoms with Gasteiger partial charge in [0.25, 0.3) is 0 Å². The van der Waals surface area contributed by atoms with Gasteiger partial charge in [0.2, 0.25) is 5.91 Å². The molecule has 0 radical (unpaired) electrons. The molecule has 5 nitrogen and oxygen atoms in total. The lowest BCUT2D eigenvalue weighted by Crippen LogP contribution is -2.36. The Morgan fingerprint density at radius 1 is 1.39 bits per heavy atom. The maximum Gasteiger partial charge on any atom is 0.227 e. The number of aliphatic hydroxyl groups is 1. The summed E-state index contributed by atoms with van der Waals surface area (Å²) in [4.78, 5) is 12.7. The van der Waals surface area contributed by atoms with Crippen LogP contribution in [0.4, 0.5) is 0 Å². The molecular weight excluding hydrogens is 290 g/mol. The first-order valence-electron chi connectivity index (χ1n) is 7.96. The van der Waals surface area contributed by atoms with Crippen molar-refractivity contribution in [2.45, 2.75) is 45.3 Å². The molecule has 1 amide bonds. The Bertz CT molecular complexity index is 751. The third-order valence-electron chi connectivity index (χ3n) is 4.89. The number of aryl methyl sites for hydroxylation is 2. The van der Waals surface area contributed by atoms with E-state index in [4.69, 9.17) is 0 Å². The van der Waals surface area contributed by atoms with Crippen molar-refractivity contribution >= 4 is 5.91 Å². The third-order valence-corrected chi connectivity index (χ3v) is 4.89. The first kappa shape index (κ1) is 15.7. The van der Waals surface area contributed by atoms with Gasteiger partial charge in [0, 0.05) is 24.7 Å². The minimum Gasteiger partial charge on any atom is -0.390 e. The molecule has 2 aromatic rings. The van der Waals surface area contributed by atoms with Crippen LogP contribution in [0.25, 0.3) is 0 Å². The molecule has 3 unspecified atom stereocenters. The second-order valence-corrected chi connectivity index (χ2v) is 6.39. The number of amides is 1. The van der Waals surface area contributed by atoms with Crippen LogP contribution >= 0.6 is 0 Å². The number of carbonyl (C=O) groups is 1. The summed E-state index contributed by atoms with van der Waals surface area (Å²) in [7, 11) is 1.88. The third kappa shape index (κ3) is 2.65. The molecule has 0 bridgehead atoms. The smallest absolute Gasteiger partial charge is 0.227 e. The van der Waals surface area contributed by atoms with E-state index in [1.807, 2.05) is 52.1 Å². The summed E-state index contributed by atoms with van der Waals surface area (Å²) >= 11 is 0. The quantitative estimate of drug-likeness (QED) is 0.909. The molecule has 1 aromatic carbocycles. The number of hydrogen-bond donors (Lipinski definition) is 2. The summed E-state index contributed by atoms with van der Waals surface area (Å²) in [6.45, 7) is 5.78. The largest absolute Gasteiger partial charge is 0.390 e. The van der Waals surface area contributed by atoms with Crippen molar-refractivity contribution < 1.29 is 9.90 Å². The summed E-state index contributed by atoms with van der Waals surface area (Å²) in [6, 6.07) is 7.54. The molecule has 1 aliphatic rings. The van der Waals surface area contributed by atoms with Crippen molar-refractivity contribution in [3.8, 4) is 0 Å². The van der Waals surface area contributed by atoms with Crippen LogP contribution in [0.1, 0.15) is 47.0 Å². The molecule has 122 valence electrons. The fourth-order valence-corrected chi connectivity index (χ4v) is 3.57. The van der Waals surface area contributed by atoms with Gasteiger partial charge in [0.1, 0.15) is 0 Å². The Balaban J connectivity index is 1.82. The van der Waals surface area contributed by atoms with Crippen LogP contribution < -0.4 is 5.32 Å². The van der Waals surface area contributed by atoms with Crippen LogP contribution in [0.5, 0.6) is 0 Å². The lowest BCUT2D eigenvalue weighted by Gasteiger charge is -2.21. The second-order valence-electron chi connectivity index (χ2n) is 6.39. The average Bonchev–Trinajstić information content (AvgIpc) is 2.95. The molecule has 3 rings (SSSR count). The highest BCUT2D eigenvalue weighted by molar-refractivity contribution is 5.84. The minimum absolute atomic E-state index is 0.0787. The van der Waals surface area contributed by atoms with Gasteiger partial charge >= 0.3 is 0 Å². The summed E-state index contributed by atoms with van der Waals surface area (Å²) in [6.07, 6.45) is 0.0140. The first-order chi connectivity index (χ1) is 10.9. The van der Waals surface area contributed by atoms with Gasteiger partial charge in [0.15, 0.2) is 0 Å². The highest BCUT2D eigenvalue weighted by atomic mass is 16.3. The lowest BCUT2D eigenvalue weighted by atomic mass is 9.97. The van der Waals surface area contributed by atoms with Crippen molar-refractivity contribution in [1.29, 1.82) is 0 Å². The molecule has 3 atom stereocenters. The zero-order chi connectivity index (χ0) is 16.7. The Hall–Kier alpha value is -2.14. The normalized spacial score (nSPS) is 21.1. The van der Waals surface area contributed by atoms with Crippen molar-refractivity contribution in [1.82, 2.24) is 15.1 Å². The predicted octanol–water partition coefficient (Wildman–Crippen LogP) is 1.91. The molecule has 1 heterocycles. The molecular formula is C18H23N3O2. The molecule has 2 N–H and O–H groups in total. The molecule has 1 aromatic heterocycles. The SMILES string of the molecule is Cc1nn(C)c(C)c1C(C)C(=O)NC1c2ccccc2CC1O. The fourth-order valence-electron chi connectivity index (χ4n) is 3.57. The standard InChI is InChI=1S/C18H23N3O2/c1-10(16-11(2)20-21(4)12(16)3)18(23)19-17-14-8-6-5-7-13(14)9-15(17)22/h5-8,10,15,17,22H,9H2,1-4H3,(H,19,23). The predicted molar refractivity (Wildman–Crippen MR) is 88.1 cm³/mol. The van der Waals surface area contributed by atoms with E-state index in [9.17, 15) is 9.90 Å². The highest BCUT2D eigenvalue weighted by Gasteiger charge is 2.33. The summed E-state index contributed by atoms with van der Waals surface area (Å²) in [5, 5.41) is 17.7. The van der Waals surface area contributed by atoms with E-state index in [1.165, 1.54) is 0 Å². The summed E-state index contributed by atoms with van der Waals surface area (Å²) in [5.41, 5.74) is 4.95. The molecule has 23 heavy (non-hydrogen) atoms. The Morgan fingerprint density at radius 2 is 2.09 bits per heavy atom. The Labute approximate surface area is 136 Å². The molecule has 5 heteroatoms. The van der Waals surface area contributed by atoms with Gasteiger partial charge in [0.05, 0.1) is 23.8 Å². The van der Waals surface area contributed by atoms with Gasteiger partial charge in [-0.15, -0.1) is 0 Å². The molecule has 0 fully saturated rings. The number of aromatic nitrogens is 2. The Kier molecular flexibility index (Phi) is 3.98. The maximum absolute atomic E-state index is 12.7. The van der Waals surface area contributed by atoms with Crippen molar-refractivity contribution in [3.63, 3.8) is 0 Å². The topological polar surface area (TPSA) is 67.2 Å². The monoisotopic (exact) mass is 313 g/mol. The van der Waals surface area contributed by atoms with E-state index in [2.05, 4.69) is 10.4 Å². The molecule has 0 saturated heterocycles. The van der Waals surface area contributed by atoms with Crippen LogP contribution in [-0.4, -0.2) is 26.9 Å². The van der Waals surface area contributed by atoms with Gasteiger partial charge in [-0.2, -0.15) is 5.10 Å². The number of carbonyl (C=O) groups excluding carboxylic acids is 1. The van der Waals surface area contributed by atoms with Gasteiger partial charge in [-0.1, -0.05) is 24.3 Å². The minimum atomic E-state index is -0.570. The summed E-state index contributed by atoms with van der Waals surface area (Å²) < 4.78 is 1.80. The van der Waals surface area contributed by atoms with Crippen LogP contribution in [-0.2, 0) is 18.3 Å². The molecule has 0 spiro atoms. The number of benzene rings is 1. The number of aliphatic hydroxyl groups excluding tert-OH is 1. The van der Waals surface area contributed by atoms with Gasteiger partial charge in [-0.25, -0.2) is 0 Å². The number of rotatable bonds is 3.